The summed E-state index contributed by atoms with van der Waals surface area (Å²) in [5.41, 5.74) is 0. The molecule has 0 amide bonds. The van der Waals surface area contributed by atoms with Crippen molar-refractivity contribution in [2.45, 2.75) is 4.90 Å². The van der Waals surface area contributed by atoms with Crippen molar-refractivity contribution < 1.29 is 12.6 Å². The average Bonchev–Trinajstić information content (AvgIpc) is 2.05. The molecule has 0 N–H and O–H groups in total. The molecule has 12 heavy (non-hydrogen) atoms. The van der Waals surface area contributed by atoms with Gasteiger partial charge >= 0.3 is 0 Å². The molecule has 1 aromatic rings. The van der Waals surface area contributed by atoms with E-state index in [1.807, 2.05) is 0 Å². The van der Waals surface area contributed by atoms with Crippen LogP contribution >= 0.6 is 11.6 Å². The first kappa shape index (κ1) is 9.51. The maximum absolute atomic E-state index is 11.1. The molecule has 0 saturated heterocycles. The number of hydrogen-bond donors (Lipinski definition) is 0. The molecule has 0 unspecified atom stereocenters. The molecule has 1 aromatic carbocycles. The van der Waals surface area contributed by atoms with Crippen LogP contribution in [0.15, 0.2) is 29.2 Å². The van der Waals surface area contributed by atoms with E-state index in [-0.39, 0.29) is 9.92 Å². The monoisotopic (exact) mass is 206 g/mol. The summed E-state index contributed by atoms with van der Waals surface area (Å²) < 4.78 is 26.5. The topological polar surface area (TPSA) is 43.4 Å². The molecule has 5 heteroatoms. The second kappa shape index (κ2) is 3.43. The van der Waals surface area contributed by atoms with Crippen molar-refractivity contribution in [3.05, 3.63) is 29.3 Å². The summed E-state index contributed by atoms with van der Waals surface area (Å²) in [6.45, 7) is 0. The van der Waals surface area contributed by atoms with Gasteiger partial charge < -0.3 is 0 Å². The van der Waals surface area contributed by atoms with Crippen LogP contribution in [0, 0.1) is 0 Å². The highest BCUT2D eigenvalue weighted by molar-refractivity contribution is 7.86. The second-order valence-electron chi connectivity index (χ2n) is 2.05. The highest BCUT2D eigenvalue weighted by atomic mass is 35.5. The van der Waals surface area contributed by atoms with Crippen LogP contribution in [0.4, 0.5) is 0 Å². The van der Waals surface area contributed by atoms with E-state index < -0.39 is 10.1 Å². The van der Waals surface area contributed by atoms with Gasteiger partial charge in [-0.15, -0.1) is 0 Å². The van der Waals surface area contributed by atoms with Gasteiger partial charge in [0.2, 0.25) is 0 Å². The van der Waals surface area contributed by atoms with Gasteiger partial charge in [0.15, 0.2) is 0 Å². The molecule has 0 bridgehead atoms. The molecule has 0 aromatic heterocycles. The summed E-state index contributed by atoms with van der Waals surface area (Å²) >= 11 is 5.63. The van der Waals surface area contributed by atoms with Crippen LogP contribution in [0.25, 0.3) is 0 Å². The Hall–Kier alpha value is -0.580. The van der Waals surface area contributed by atoms with Crippen molar-refractivity contribution in [2.24, 2.45) is 0 Å². The molecule has 0 atom stereocenters. The normalized spacial score (nSPS) is 11.5. The standard InChI is InChI=1S/C7H7ClO3S/c1-11-12(9,10)7-5-3-2-4-6(7)8/h2-5H,1H3. The van der Waals surface area contributed by atoms with Gasteiger partial charge in [0.1, 0.15) is 4.90 Å². The van der Waals surface area contributed by atoms with Crippen molar-refractivity contribution >= 4 is 21.7 Å². The van der Waals surface area contributed by atoms with E-state index in [4.69, 9.17) is 11.6 Å². The van der Waals surface area contributed by atoms with E-state index >= 15 is 0 Å². The van der Waals surface area contributed by atoms with Gasteiger partial charge in [0.05, 0.1) is 12.1 Å². The maximum Gasteiger partial charge on any atom is 0.298 e. The molecule has 0 spiro atoms. The van der Waals surface area contributed by atoms with Crippen molar-refractivity contribution in [1.82, 2.24) is 0 Å². The average molecular weight is 207 g/mol. The third-order valence-corrected chi connectivity index (χ3v) is 3.10. The van der Waals surface area contributed by atoms with Gasteiger partial charge in [-0.05, 0) is 12.1 Å². The van der Waals surface area contributed by atoms with Crippen LogP contribution in [-0.2, 0) is 14.3 Å². The lowest BCUT2D eigenvalue weighted by Crippen LogP contribution is -2.02. The quantitative estimate of drug-likeness (QED) is 0.692. The number of benzene rings is 1. The first-order valence-corrected chi connectivity index (χ1v) is 4.91. The summed E-state index contributed by atoms with van der Waals surface area (Å²) in [6, 6.07) is 6.11. The predicted octanol–water partition coefficient (Wildman–Crippen LogP) is 1.68. The molecule has 0 radical (unpaired) electrons. The molecule has 0 heterocycles. The van der Waals surface area contributed by atoms with Crippen molar-refractivity contribution in [3.63, 3.8) is 0 Å². The number of hydrogen-bond acceptors (Lipinski definition) is 3. The fourth-order valence-electron chi connectivity index (χ4n) is 0.737. The van der Waals surface area contributed by atoms with Crippen LogP contribution in [0.1, 0.15) is 0 Å². The highest BCUT2D eigenvalue weighted by Gasteiger charge is 2.15. The summed E-state index contributed by atoms with van der Waals surface area (Å²) in [5, 5.41) is 0.166. The molecular weight excluding hydrogens is 200 g/mol. The Labute approximate surface area is 76.0 Å². The Morgan fingerprint density at radius 3 is 2.42 bits per heavy atom. The molecule has 0 aliphatic heterocycles. The van der Waals surface area contributed by atoms with Crippen LogP contribution < -0.4 is 0 Å². The van der Waals surface area contributed by atoms with E-state index in [0.717, 1.165) is 7.11 Å². The minimum atomic E-state index is -3.66. The minimum Gasteiger partial charge on any atom is -0.270 e. The zero-order valence-electron chi connectivity index (χ0n) is 6.32. The van der Waals surface area contributed by atoms with Crippen LogP contribution in [0.3, 0.4) is 0 Å². The fourth-order valence-corrected chi connectivity index (χ4v) is 1.89. The molecule has 66 valence electrons. The lowest BCUT2D eigenvalue weighted by Gasteiger charge is -2.01. The third-order valence-electron chi connectivity index (χ3n) is 1.33. The molecule has 3 nitrogen and oxygen atoms in total. The summed E-state index contributed by atoms with van der Waals surface area (Å²) in [7, 11) is -2.56. The smallest absolute Gasteiger partial charge is 0.270 e. The largest absolute Gasteiger partial charge is 0.298 e. The first-order chi connectivity index (χ1) is 5.58. The molecule has 1 rings (SSSR count). The molecule has 0 aliphatic carbocycles. The van der Waals surface area contributed by atoms with Gasteiger partial charge in [-0.25, -0.2) is 0 Å². The van der Waals surface area contributed by atoms with Crippen LogP contribution in [0.5, 0.6) is 0 Å². The third kappa shape index (κ3) is 1.77. The summed E-state index contributed by atoms with van der Waals surface area (Å²) in [4.78, 5) is -0.00540. The Morgan fingerprint density at radius 1 is 1.33 bits per heavy atom. The van der Waals surface area contributed by atoms with E-state index in [1.54, 1.807) is 12.1 Å². The Bertz CT molecular complexity index is 372. The Balaban J connectivity index is 3.30. The fraction of sp³-hybridized carbons (Fsp3) is 0.143. The number of rotatable bonds is 2. The van der Waals surface area contributed by atoms with Gasteiger partial charge in [-0.1, -0.05) is 23.7 Å². The van der Waals surface area contributed by atoms with Crippen LogP contribution in [-0.4, -0.2) is 15.5 Å². The number of halogens is 1. The van der Waals surface area contributed by atoms with Crippen molar-refractivity contribution in [3.8, 4) is 0 Å². The zero-order chi connectivity index (χ0) is 9.19. The maximum atomic E-state index is 11.1. The van der Waals surface area contributed by atoms with Gasteiger partial charge in [-0.3, -0.25) is 4.18 Å². The van der Waals surface area contributed by atoms with E-state index in [2.05, 4.69) is 4.18 Å². The molecular formula is C7H7ClO3S. The predicted molar refractivity (Wildman–Crippen MR) is 45.6 cm³/mol. The molecule has 0 saturated carbocycles. The second-order valence-corrected chi connectivity index (χ2v) is 4.14. The first-order valence-electron chi connectivity index (χ1n) is 3.13. The molecule has 0 fully saturated rings. The Kier molecular flexibility index (Phi) is 2.72. The van der Waals surface area contributed by atoms with Crippen LogP contribution in [0.2, 0.25) is 5.02 Å². The van der Waals surface area contributed by atoms with Gasteiger partial charge in [0.25, 0.3) is 10.1 Å². The van der Waals surface area contributed by atoms with E-state index in [9.17, 15) is 8.42 Å². The SMILES string of the molecule is COS(=O)(=O)c1ccccc1Cl. The lowest BCUT2D eigenvalue weighted by atomic mass is 10.4. The van der Waals surface area contributed by atoms with Crippen molar-refractivity contribution in [1.29, 1.82) is 0 Å². The summed E-state index contributed by atoms with van der Waals surface area (Å²) in [5.74, 6) is 0. The van der Waals surface area contributed by atoms with Gasteiger partial charge in [-0.2, -0.15) is 8.42 Å². The Morgan fingerprint density at radius 2 is 1.92 bits per heavy atom. The van der Waals surface area contributed by atoms with E-state index in [0.29, 0.717) is 0 Å². The lowest BCUT2D eigenvalue weighted by molar-refractivity contribution is 0.398. The van der Waals surface area contributed by atoms with E-state index in [1.165, 1.54) is 12.1 Å². The summed E-state index contributed by atoms with van der Waals surface area (Å²) in [6.07, 6.45) is 0. The zero-order valence-corrected chi connectivity index (χ0v) is 7.89. The van der Waals surface area contributed by atoms with Crippen molar-refractivity contribution in [2.75, 3.05) is 7.11 Å². The molecule has 0 aliphatic rings. The van der Waals surface area contributed by atoms with Gasteiger partial charge in [0, 0.05) is 0 Å². The minimum absolute atomic E-state index is 0.00540. The highest BCUT2D eigenvalue weighted by Crippen LogP contribution is 2.21.